The molecule has 3 rings (SSSR count). The Morgan fingerprint density at radius 2 is 2.15 bits per heavy atom. The van der Waals surface area contributed by atoms with Crippen molar-refractivity contribution in [2.45, 2.75) is 18.9 Å². The van der Waals surface area contributed by atoms with Crippen molar-refractivity contribution in [3.8, 4) is 0 Å². The lowest BCUT2D eigenvalue weighted by Crippen LogP contribution is -2.35. The quantitative estimate of drug-likeness (QED) is 0.904. The predicted molar refractivity (Wildman–Crippen MR) is 79.8 cm³/mol. The minimum absolute atomic E-state index is 0.0650. The molecule has 0 aliphatic carbocycles. The summed E-state index contributed by atoms with van der Waals surface area (Å²) in [6, 6.07) is 7.36. The molecule has 1 aromatic rings. The minimum Gasteiger partial charge on any atom is -0.345 e. The van der Waals surface area contributed by atoms with Crippen molar-refractivity contribution >= 4 is 23.6 Å². The number of rotatable bonds is 2. The number of amides is 2. The molecule has 5 heteroatoms. The Hall–Kier alpha value is -1.49. The van der Waals surface area contributed by atoms with Crippen LogP contribution in [0.5, 0.6) is 0 Å². The molecule has 20 heavy (non-hydrogen) atoms. The molecule has 2 heterocycles. The highest BCUT2D eigenvalue weighted by atomic mass is 32.2. The molecule has 4 nitrogen and oxygen atoms in total. The van der Waals surface area contributed by atoms with Crippen molar-refractivity contribution in [2.24, 2.45) is 0 Å². The molecular weight excluding hydrogens is 272 g/mol. The van der Waals surface area contributed by atoms with Gasteiger partial charge in [0, 0.05) is 24.4 Å². The van der Waals surface area contributed by atoms with Crippen LogP contribution in [0.4, 0.5) is 0 Å². The van der Waals surface area contributed by atoms with Crippen LogP contribution in [-0.4, -0.2) is 41.3 Å². The third-order valence-corrected chi connectivity index (χ3v) is 4.89. The van der Waals surface area contributed by atoms with Crippen molar-refractivity contribution in [1.29, 1.82) is 0 Å². The number of hydrogen-bond donors (Lipinski definition) is 1. The number of thioether (sulfide) groups is 1. The summed E-state index contributed by atoms with van der Waals surface area (Å²) in [6.07, 6.45) is 1.43. The third-order valence-electron chi connectivity index (χ3n) is 3.84. The average Bonchev–Trinajstić information content (AvgIpc) is 2.67. The third kappa shape index (κ3) is 2.68. The molecule has 1 aromatic carbocycles. The Bertz CT molecular complexity index is 524. The van der Waals surface area contributed by atoms with E-state index < -0.39 is 0 Å². The van der Waals surface area contributed by atoms with Gasteiger partial charge in [0.25, 0.3) is 5.91 Å². The zero-order chi connectivity index (χ0) is 13.9. The second-order valence-corrected chi connectivity index (χ2v) is 6.39. The van der Waals surface area contributed by atoms with Crippen LogP contribution in [0.3, 0.4) is 0 Å². The van der Waals surface area contributed by atoms with E-state index in [4.69, 9.17) is 0 Å². The van der Waals surface area contributed by atoms with Crippen LogP contribution in [-0.2, 0) is 4.79 Å². The van der Waals surface area contributed by atoms with Gasteiger partial charge in [-0.3, -0.25) is 9.59 Å². The lowest BCUT2D eigenvalue weighted by atomic mass is 10.0. The topological polar surface area (TPSA) is 49.4 Å². The van der Waals surface area contributed by atoms with Gasteiger partial charge in [-0.15, -0.1) is 0 Å². The van der Waals surface area contributed by atoms with Gasteiger partial charge >= 0.3 is 0 Å². The number of carbonyl (C=O) groups excluding carboxylic acids is 2. The fourth-order valence-electron chi connectivity index (χ4n) is 2.78. The monoisotopic (exact) mass is 290 g/mol. The molecule has 1 fully saturated rings. The Morgan fingerprint density at radius 3 is 3.05 bits per heavy atom. The summed E-state index contributed by atoms with van der Waals surface area (Å²) in [6.45, 7) is 1.67. The van der Waals surface area contributed by atoms with E-state index in [1.807, 2.05) is 40.9 Å². The molecule has 0 saturated carbocycles. The van der Waals surface area contributed by atoms with Crippen LogP contribution in [0.15, 0.2) is 24.3 Å². The maximum atomic E-state index is 12.4. The lowest BCUT2D eigenvalue weighted by Gasteiger charge is -2.22. The second kappa shape index (κ2) is 5.87. The molecular formula is C15H18N2O2S. The van der Waals surface area contributed by atoms with Crippen molar-refractivity contribution in [1.82, 2.24) is 10.2 Å². The van der Waals surface area contributed by atoms with Gasteiger partial charge in [-0.2, -0.15) is 11.8 Å². The van der Waals surface area contributed by atoms with Crippen LogP contribution < -0.4 is 5.32 Å². The molecule has 0 radical (unpaired) electrons. The smallest absolute Gasteiger partial charge is 0.252 e. The van der Waals surface area contributed by atoms with Gasteiger partial charge in [0.1, 0.15) is 0 Å². The van der Waals surface area contributed by atoms with Gasteiger partial charge in [-0.05, 0) is 23.8 Å². The van der Waals surface area contributed by atoms with Crippen molar-refractivity contribution in [3.63, 3.8) is 0 Å². The van der Waals surface area contributed by atoms with Gasteiger partial charge in [-0.25, -0.2) is 0 Å². The molecule has 1 atom stereocenters. The molecule has 2 amide bonds. The van der Waals surface area contributed by atoms with Crippen LogP contribution in [0.2, 0.25) is 0 Å². The summed E-state index contributed by atoms with van der Waals surface area (Å²) < 4.78 is 0. The summed E-state index contributed by atoms with van der Waals surface area (Å²) in [5.74, 6) is 2.23. The van der Waals surface area contributed by atoms with E-state index >= 15 is 0 Å². The maximum Gasteiger partial charge on any atom is 0.252 e. The summed E-state index contributed by atoms with van der Waals surface area (Å²) in [5.41, 5.74) is 1.66. The molecule has 0 bridgehead atoms. The molecule has 1 unspecified atom stereocenters. The molecule has 1 saturated heterocycles. The number of carbonyl (C=O) groups is 2. The summed E-state index contributed by atoms with van der Waals surface area (Å²) in [5, 5.41) is 2.91. The number of nitrogens with zero attached hydrogens (tertiary/aromatic N) is 1. The average molecular weight is 290 g/mol. The van der Waals surface area contributed by atoms with E-state index in [1.54, 1.807) is 0 Å². The molecule has 2 aliphatic rings. The van der Waals surface area contributed by atoms with Crippen molar-refractivity contribution in [2.75, 3.05) is 24.6 Å². The molecule has 106 valence electrons. The normalized spacial score (nSPS) is 22.1. The number of hydrogen-bond acceptors (Lipinski definition) is 3. The summed E-state index contributed by atoms with van der Waals surface area (Å²) in [4.78, 5) is 26.2. The first-order chi connectivity index (χ1) is 9.75. The highest BCUT2D eigenvalue weighted by Gasteiger charge is 2.30. The summed E-state index contributed by atoms with van der Waals surface area (Å²) in [7, 11) is 0. The van der Waals surface area contributed by atoms with E-state index in [9.17, 15) is 9.59 Å². The van der Waals surface area contributed by atoms with Gasteiger partial charge in [0.05, 0.1) is 12.5 Å². The van der Waals surface area contributed by atoms with E-state index in [-0.39, 0.29) is 17.9 Å². The van der Waals surface area contributed by atoms with Crippen LogP contribution in [0, 0.1) is 0 Å². The first kappa shape index (κ1) is 13.5. The Morgan fingerprint density at radius 1 is 1.30 bits per heavy atom. The molecule has 0 aromatic heterocycles. The van der Waals surface area contributed by atoms with E-state index in [2.05, 4.69) is 5.32 Å². The zero-order valence-corrected chi connectivity index (χ0v) is 12.1. The van der Waals surface area contributed by atoms with Crippen LogP contribution in [0.25, 0.3) is 0 Å². The number of benzene rings is 1. The lowest BCUT2D eigenvalue weighted by molar-refractivity contribution is -0.131. The van der Waals surface area contributed by atoms with E-state index in [1.165, 1.54) is 0 Å². The number of nitrogens with one attached hydrogen (secondary N) is 1. The van der Waals surface area contributed by atoms with E-state index in [0.717, 1.165) is 36.6 Å². The fourth-order valence-corrected chi connectivity index (χ4v) is 3.67. The maximum absolute atomic E-state index is 12.4. The van der Waals surface area contributed by atoms with Crippen LogP contribution in [0.1, 0.15) is 34.8 Å². The van der Waals surface area contributed by atoms with E-state index in [0.29, 0.717) is 12.0 Å². The van der Waals surface area contributed by atoms with Crippen LogP contribution >= 0.6 is 11.8 Å². The Kier molecular flexibility index (Phi) is 3.96. The second-order valence-electron chi connectivity index (χ2n) is 5.16. The number of fused-ring (bicyclic) bond motifs is 1. The largest absolute Gasteiger partial charge is 0.345 e. The standard InChI is InChI=1S/C15H18N2O2S/c18-14(17-6-3-8-20-9-7-17)10-13-11-4-1-2-5-12(11)15(19)16-13/h1-2,4-5,13H,3,6-10H2,(H,16,19). The molecule has 2 aliphatic heterocycles. The van der Waals surface area contributed by atoms with Crippen molar-refractivity contribution in [3.05, 3.63) is 35.4 Å². The van der Waals surface area contributed by atoms with Crippen molar-refractivity contribution < 1.29 is 9.59 Å². The predicted octanol–water partition coefficient (Wildman–Crippen LogP) is 1.83. The van der Waals surface area contributed by atoms with Gasteiger partial charge in [0.2, 0.25) is 5.91 Å². The van der Waals surface area contributed by atoms with Gasteiger partial charge < -0.3 is 10.2 Å². The molecule has 1 N–H and O–H groups in total. The minimum atomic E-state index is -0.165. The zero-order valence-electron chi connectivity index (χ0n) is 11.3. The molecule has 0 spiro atoms. The fraction of sp³-hybridized carbons (Fsp3) is 0.467. The Balaban J connectivity index is 1.69. The first-order valence-electron chi connectivity index (χ1n) is 7.01. The summed E-state index contributed by atoms with van der Waals surface area (Å²) >= 11 is 1.90. The van der Waals surface area contributed by atoms with Gasteiger partial charge in [0.15, 0.2) is 0 Å². The highest BCUT2D eigenvalue weighted by Crippen LogP contribution is 2.28. The first-order valence-corrected chi connectivity index (χ1v) is 8.16. The Labute approximate surface area is 122 Å². The highest BCUT2D eigenvalue weighted by molar-refractivity contribution is 7.99. The van der Waals surface area contributed by atoms with Gasteiger partial charge in [-0.1, -0.05) is 18.2 Å². The SMILES string of the molecule is O=C1NC(CC(=O)N2CCCSCC2)c2ccccc21.